The molecular formula is C32H40N4O3. The largest absolute Gasteiger partial charge is 0.445 e. The van der Waals surface area contributed by atoms with Crippen molar-refractivity contribution in [2.24, 2.45) is 0 Å². The zero-order valence-electron chi connectivity index (χ0n) is 22.8. The number of ether oxygens (including phenoxy) is 1. The molecule has 4 rings (SSSR count). The topological polar surface area (TPSA) is 82.7 Å². The molecule has 7 nitrogen and oxygen atoms in total. The summed E-state index contributed by atoms with van der Waals surface area (Å²) in [7, 11) is 0. The number of benzene rings is 3. The fraction of sp³-hybridized carbons (Fsp3) is 0.375. The monoisotopic (exact) mass is 528 g/mol. The molecule has 2 amide bonds. The minimum atomic E-state index is -0.726. The highest BCUT2D eigenvalue weighted by molar-refractivity contribution is 5.85. The molecule has 1 aliphatic rings. The molecule has 3 aromatic carbocycles. The number of alkyl carbamates (subject to hydrolysis) is 1. The van der Waals surface area contributed by atoms with Crippen molar-refractivity contribution in [3.63, 3.8) is 0 Å². The number of nitrogens with one attached hydrogen (secondary N) is 3. The Morgan fingerprint density at radius 2 is 1.46 bits per heavy atom. The van der Waals surface area contributed by atoms with Crippen LogP contribution in [0.4, 0.5) is 16.2 Å². The highest BCUT2D eigenvalue weighted by atomic mass is 16.5. The second-order valence-corrected chi connectivity index (χ2v) is 10.1. The van der Waals surface area contributed by atoms with Gasteiger partial charge in [0.1, 0.15) is 12.6 Å². The molecule has 1 fully saturated rings. The van der Waals surface area contributed by atoms with Crippen molar-refractivity contribution in [3.05, 3.63) is 96.1 Å². The number of aryl methyl sites for hydroxylation is 1. The molecule has 0 saturated carbocycles. The summed E-state index contributed by atoms with van der Waals surface area (Å²) in [4.78, 5) is 27.7. The van der Waals surface area contributed by atoms with Crippen molar-refractivity contribution >= 4 is 23.4 Å². The van der Waals surface area contributed by atoms with Crippen LogP contribution in [0.5, 0.6) is 0 Å². The molecule has 0 aromatic heterocycles. The number of nitrogens with zero attached hydrogens (tertiary/aromatic N) is 1. The summed E-state index contributed by atoms with van der Waals surface area (Å²) < 4.78 is 5.27. The SMILES string of the molecule is C[C@H](NC(=O)OCc1ccccc1)C(=O)N[C@@H](CCc1ccccc1)CNc1ccc(N2CCCCC2)cc1. The van der Waals surface area contributed by atoms with E-state index in [0.717, 1.165) is 37.2 Å². The molecule has 1 saturated heterocycles. The van der Waals surface area contributed by atoms with Crippen LogP contribution < -0.4 is 20.9 Å². The molecule has 0 bridgehead atoms. The van der Waals surface area contributed by atoms with Gasteiger partial charge in [0, 0.05) is 37.1 Å². The Morgan fingerprint density at radius 1 is 0.821 bits per heavy atom. The van der Waals surface area contributed by atoms with Crippen molar-refractivity contribution in [2.75, 3.05) is 29.9 Å². The average molecular weight is 529 g/mol. The quantitative estimate of drug-likeness (QED) is 0.288. The fourth-order valence-electron chi connectivity index (χ4n) is 4.73. The summed E-state index contributed by atoms with van der Waals surface area (Å²) in [6, 6.07) is 27.4. The number of amides is 2. The van der Waals surface area contributed by atoms with Crippen molar-refractivity contribution in [1.29, 1.82) is 0 Å². The lowest BCUT2D eigenvalue weighted by Crippen LogP contribution is -2.50. The Kier molecular flexibility index (Phi) is 10.6. The van der Waals surface area contributed by atoms with E-state index in [9.17, 15) is 9.59 Å². The molecule has 39 heavy (non-hydrogen) atoms. The van der Waals surface area contributed by atoms with Crippen molar-refractivity contribution < 1.29 is 14.3 Å². The molecule has 7 heteroatoms. The standard InChI is InChI=1S/C32H40N4O3/c1-25(34-32(38)39-24-27-13-7-3-8-14-27)31(37)35-29(16-15-26-11-5-2-6-12-26)23-33-28-17-19-30(20-18-28)36-21-9-4-10-22-36/h2-3,5-8,11-14,17-20,25,29,33H,4,9-10,15-16,21-24H2,1H3,(H,34,38)(H,35,37)/t25-,29-/m0/s1. The van der Waals surface area contributed by atoms with Gasteiger partial charge in [0.15, 0.2) is 0 Å². The molecule has 2 atom stereocenters. The maximum absolute atomic E-state index is 13.0. The smallest absolute Gasteiger partial charge is 0.408 e. The third kappa shape index (κ3) is 9.36. The van der Waals surface area contributed by atoms with Crippen LogP contribution in [0.3, 0.4) is 0 Å². The van der Waals surface area contributed by atoms with Crippen LogP contribution in [-0.2, 0) is 22.6 Å². The number of carbonyl (C=O) groups is 2. The second kappa shape index (κ2) is 14.8. The Morgan fingerprint density at radius 3 is 2.13 bits per heavy atom. The van der Waals surface area contributed by atoms with Gasteiger partial charge >= 0.3 is 6.09 Å². The Hall–Kier alpha value is -4.00. The van der Waals surface area contributed by atoms with Crippen LogP contribution in [-0.4, -0.2) is 43.7 Å². The molecule has 0 aliphatic carbocycles. The third-order valence-electron chi connectivity index (χ3n) is 7.05. The van der Waals surface area contributed by atoms with Crippen molar-refractivity contribution in [2.45, 2.75) is 57.7 Å². The summed E-state index contributed by atoms with van der Waals surface area (Å²) in [6.07, 6.45) is 4.80. The lowest BCUT2D eigenvalue weighted by atomic mass is 10.0. The zero-order chi connectivity index (χ0) is 27.3. The molecule has 0 spiro atoms. The first kappa shape index (κ1) is 28.0. The van der Waals surface area contributed by atoms with E-state index in [1.54, 1.807) is 6.92 Å². The van der Waals surface area contributed by atoms with E-state index < -0.39 is 12.1 Å². The van der Waals surface area contributed by atoms with Gasteiger partial charge in [0.25, 0.3) is 0 Å². The summed E-state index contributed by atoms with van der Waals surface area (Å²) in [5, 5.41) is 9.25. The van der Waals surface area contributed by atoms with Gasteiger partial charge in [-0.15, -0.1) is 0 Å². The van der Waals surface area contributed by atoms with E-state index in [1.807, 2.05) is 48.5 Å². The predicted molar refractivity (Wildman–Crippen MR) is 157 cm³/mol. The Bertz CT molecular complexity index is 1150. The van der Waals surface area contributed by atoms with Crippen LogP contribution in [0.25, 0.3) is 0 Å². The lowest BCUT2D eigenvalue weighted by molar-refractivity contribution is -0.123. The van der Waals surface area contributed by atoms with Crippen LogP contribution in [0.15, 0.2) is 84.9 Å². The maximum Gasteiger partial charge on any atom is 0.408 e. The number of hydrogen-bond acceptors (Lipinski definition) is 5. The van der Waals surface area contributed by atoms with E-state index in [-0.39, 0.29) is 18.6 Å². The molecule has 1 heterocycles. The number of anilines is 2. The van der Waals surface area contributed by atoms with Crippen LogP contribution in [0, 0.1) is 0 Å². The van der Waals surface area contributed by atoms with E-state index in [4.69, 9.17) is 4.74 Å². The molecule has 1 aliphatic heterocycles. The van der Waals surface area contributed by atoms with Crippen molar-refractivity contribution in [3.8, 4) is 0 Å². The maximum atomic E-state index is 13.0. The lowest BCUT2D eigenvalue weighted by Gasteiger charge is -2.29. The van der Waals surface area contributed by atoms with Gasteiger partial charge in [0.05, 0.1) is 0 Å². The third-order valence-corrected chi connectivity index (χ3v) is 7.05. The number of piperidine rings is 1. The highest BCUT2D eigenvalue weighted by Gasteiger charge is 2.20. The molecule has 206 valence electrons. The molecule has 0 unspecified atom stereocenters. The van der Waals surface area contributed by atoms with E-state index in [2.05, 4.69) is 57.2 Å². The first-order chi connectivity index (χ1) is 19.1. The van der Waals surface area contributed by atoms with E-state index in [0.29, 0.717) is 6.54 Å². The molecule has 0 radical (unpaired) electrons. The second-order valence-electron chi connectivity index (χ2n) is 10.1. The first-order valence-electron chi connectivity index (χ1n) is 14.0. The van der Waals surface area contributed by atoms with Gasteiger partial charge in [-0.2, -0.15) is 0 Å². The van der Waals surface area contributed by atoms with Gasteiger partial charge in [0.2, 0.25) is 5.91 Å². The van der Waals surface area contributed by atoms with Gasteiger partial charge in [-0.3, -0.25) is 4.79 Å². The number of carbonyl (C=O) groups excluding carboxylic acids is 2. The van der Waals surface area contributed by atoms with Crippen molar-refractivity contribution in [1.82, 2.24) is 10.6 Å². The molecule has 3 aromatic rings. The van der Waals surface area contributed by atoms with Crippen LogP contribution in [0.1, 0.15) is 43.7 Å². The van der Waals surface area contributed by atoms with Gasteiger partial charge in [-0.05, 0) is 74.4 Å². The number of rotatable bonds is 12. The summed E-state index contributed by atoms with van der Waals surface area (Å²) in [6.45, 7) is 4.63. The van der Waals surface area contributed by atoms with Gasteiger partial charge in [-0.25, -0.2) is 4.79 Å². The molecule has 3 N–H and O–H groups in total. The summed E-state index contributed by atoms with van der Waals surface area (Å²) in [5.41, 5.74) is 4.39. The first-order valence-corrected chi connectivity index (χ1v) is 14.0. The predicted octanol–water partition coefficient (Wildman–Crippen LogP) is 5.52. The van der Waals surface area contributed by atoms with E-state index >= 15 is 0 Å². The average Bonchev–Trinajstić information content (AvgIpc) is 2.99. The normalized spacial score (nSPS) is 14.6. The van der Waals surface area contributed by atoms with Crippen LogP contribution in [0.2, 0.25) is 0 Å². The highest BCUT2D eigenvalue weighted by Crippen LogP contribution is 2.22. The Labute approximate surface area is 231 Å². The minimum Gasteiger partial charge on any atom is -0.445 e. The zero-order valence-corrected chi connectivity index (χ0v) is 22.8. The van der Waals surface area contributed by atoms with E-state index in [1.165, 1.54) is 30.5 Å². The van der Waals surface area contributed by atoms with Gasteiger partial charge < -0.3 is 25.6 Å². The summed E-state index contributed by atoms with van der Waals surface area (Å²) in [5.74, 6) is -0.244. The summed E-state index contributed by atoms with van der Waals surface area (Å²) >= 11 is 0. The minimum absolute atomic E-state index is 0.121. The van der Waals surface area contributed by atoms with Gasteiger partial charge in [-0.1, -0.05) is 60.7 Å². The fourth-order valence-corrected chi connectivity index (χ4v) is 4.73. The Balaban J connectivity index is 1.30. The number of hydrogen-bond donors (Lipinski definition) is 3. The molecular weight excluding hydrogens is 488 g/mol. The van der Waals surface area contributed by atoms with Crippen LogP contribution >= 0.6 is 0 Å².